The molecule has 1 fully saturated rings. The lowest BCUT2D eigenvalue weighted by atomic mass is 10.1. The van der Waals surface area contributed by atoms with E-state index in [1.807, 2.05) is 6.07 Å². The Bertz CT molecular complexity index is 917. The molecule has 0 atom stereocenters. The number of methoxy groups -OCH3 is 1. The third-order valence-electron chi connectivity index (χ3n) is 5.15. The summed E-state index contributed by atoms with van der Waals surface area (Å²) in [6, 6.07) is 6.24. The van der Waals surface area contributed by atoms with Gasteiger partial charge >= 0.3 is 0 Å². The van der Waals surface area contributed by atoms with Crippen LogP contribution in [0.25, 0.3) is 10.9 Å². The van der Waals surface area contributed by atoms with Gasteiger partial charge in [0, 0.05) is 56.2 Å². The minimum Gasteiger partial charge on any atom is -0.497 e. The molecule has 0 amide bonds. The van der Waals surface area contributed by atoms with Crippen LogP contribution in [-0.4, -0.2) is 59.6 Å². The number of benzene rings is 1. The molecular formula is C20H27N5O2S. The van der Waals surface area contributed by atoms with Gasteiger partial charge in [-0.2, -0.15) is 0 Å². The molecule has 3 heterocycles. The lowest BCUT2D eigenvalue weighted by molar-refractivity contribution is 0.0384. The second-order valence-electron chi connectivity index (χ2n) is 6.88. The summed E-state index contributed by atoms with van der Waals surface area (Å²) < 4.78 is 13.1. The molecule has 1 aliphatic heterocycles. The van der Waals surface area contributed by atoms with Crippen molar-refractivity contribution in [2.75, 3.05) is 45.3 Å². The second kappa shape index (κ2) is 8.89. The highest BCUT2D eigenvalue weighted by Crippen LogP contribution is 2.27. The number of aryl methyl sites for hydroxylation is 1. The number of fused-ring (bicyclic) bond motifs is 1. The molecule has 28 heavy (non-hydrogen) atoms. The van der Waals surface area contributed by atoms with Crippen LogP contribution < -0.4 is 10.1 Å². The fourth-order valence-electron chi connectivity index (χ4n) is 3.55. The number of aromatic nitrogens is 3. The zero-order valence-corrected chi connectivity index (χ0v) is 17.3. The number of hydrogen-bond donors (Lipinski definition) is 1. The Hall–Kier alpha value is -2.16. The van der Waals surface area contributed by atoms with E-state index < -0.39 is 0 Å². The molecule has 0 bridgehead atoms. The van der Waals surface area contributed by atoms with E-state index in [1.54, 1.807) is 18.4 Å². The zero-order chi connectivity index (χ0) is 19.3. The minimum absolute atomic E-state index is 0.717. The van der Waals surface area contributed by atoms with Gasteiger partial charge in [-0.3, -0.25) is 4.90 Å². The number of nitrogens with one attached hydrogen (secondary N) is 1. The summed E-state index contributed by atoms with van der Waals surface area (Å²) >= 11 is 1.64. The van der Waals surface area contributed by atoms with E-state index in [9.17, 15) is 0 Å². The van der Waals surface area contributed by atoms with E-state index in [0.717, 1.165) is 68.2 Å². The molecule has 0 spiro atoms. The van der Waals surface area contributed by atoms with Gasteiger partial charge in [0.1, 0.15) is 10.8 Å². The Kier molecular flexibility index (Phi) is 6.09. The first-order chi connectivity index (χ1) is 13.8. The van der Waals surface area contributed by atoms with Crippen molar-refractivity contribution < 1.29 is 9.47 Å². The lowest BCUT2D eigenvalue weighted by Crippen LogP contribution is -2.37. The summed E-state index contributed by atoms with van der Waals surface area (Å²) in [5.41, 5.74) is 2.46. The number of rotatable bonds is 8. The van der Waals surface area contributed by atoms with Crippen LogP contribution in [0, 0.1) is 0 Å². The van der Waals surface area contributed by atoms with E-state index in [4.69, 9.17) is 9.47 Å². The van der Waals surface area contributed by atoms with E-state index >= 15 is 0 Å². The summed E-state index contributed by atoms with van der Waals surface area (Å²) in [5, 5.41) is 15.3. The van der Waals surface area contributed by atoms with Gasteiger partial charge < -0.3 is 19.4 Å². The summed E-state index contributed by atoms with van der Waals surface area (Å²) in [5.74, 6) is 0.879. The quantitative estimate of drug-likeness (QED) is 0.626. The van der Waals surface area contributed by atoms with Gasteiger partial charge in [-0.15, -0.1) is 10.2 Å². The summed E-state index contributed by atoms with van der Waals surface area (Å²) in [7, 11) is 1.70. The highest BCUT2D eigenvalue weighted by Gasteiger charge is 2.13. The van der Waals surface area contributed by atoms with Crippen molar-refractivity contribution in [3.63, 3.8) is 0 Å². The maximum absolute atomic E-state index is 5.40. The van der Waals surface area contributed by atoms with E-state index in [-0.39, 0.29) is 0 Å². The van der Waals surface area contributed by atoms with Crippen LogP contribution in [0.5, 0.6) is 5.75 Å². The first kappa shape index (κ1) is 19.2. The second-order valence-corrected chi connectivity index (χ2v) is 7.94. The van der Waals surface area contributed by atoms with E-state index in [0.29, 0.717) is 0 Å². The Balaban J connectivity index is 1.40. The fraction of sp³-hybridized carbons (Fsp3) is 0.500. The van der Waals surface area contributed by atoms with Crippen LogP contribution in [0.3, 0.4) is 0 Å². The molecule has 1 saturated heterocycles. The molecule has 0 aliphatic carbocycles. The Morgan fingerprint density at radius 3 is 2.89 bits per heavy atom. The van der Waals surface area contributed by atoms with Crippen molar-refractivity contribution in [3.8, 4) is 5.75 Å². The first-order valence-corrected chi connectivity index (χ1v) is 10.6. The van der Waals surface area contributed by atoms with Crippen LogP contribution >= 0.6 is 11.3 Å². The van der Waals surface area contributed by atoms with Crippen molar-refractivity contribution in [1.82, 2.24) is 19.7 Å². The van der Waals surface area contributed by atoms with Crippen molar-refractivity contribution >= 4 is 27.4 Å². The molecule has 0 unspecified atom stereocenters. The third-order valence-corrected chi connectivity index (χ3v) is 6.09. The summed E-state index contributed by atoms with van der Waals surface area (Å²) in [4.78, 5) is 2.42. The lowest BCUT2D eigenvalue weighted by Gasteiger charge is -2.25. The van der Waals surface area contributed by atoms with E-state index in [1.165, 1.54) is 16.5 Å². The summed E-state index contributed by atoms with van der Waals surface area (Å²) in [6.07, 6.45) is 3.14. The van der Waals surface area contributed by atoms with Gasteiger partial charge in [-0.1, -0.05) is 11.3 Å². The Morgan fingerprint density at radius 1 is 1.25 bits per heavy atom. The number of hydrogen-bond acceptors (Lipinski definition) is 7. The highest BCUT2D eigenvalue weighted by molar-refractivity contribution is 7.15. The molecule has 8 heteroatoms. The van der Waals surface area contributed by atoms with Crippen molar-refractivity contribution in [2.24, 2.45) is 0 Å². The van der Waals surface area contributed by atoms with Gasteiger partial charge in [0.2, 0.25) is 5.13 Å². The van der Waals surface area contributed by atoms with Crippen molar-refractivity contribution in [1.29, 1.82) is 0 Å². The SMILES string of the molecule is CCn1cc(CNc2nnc(CCN3CCOCC3)s2)c2cc(OC)ccc21. The third kappa shape index (κ3) is 4.29. The maximum atomic E-state index is 5.40. The average Bonchev–Trinajstić information content (AvgIpc) is 3.35. The van der Waals surface area contributed by atoms with Gasteiger partial charge in [-0.05, 0) is 30.7 Å². The van der Waals surface area contributed by atoms with Gasteiger partial charge in [0.15, 0.2) is 0 Å². The smallest absolute Gasteiger partial charge is 0.205 e. The average molecular weight is 402 g/mol. The molecule has 0 saturated carbocycles. The minimum atomic E-state index is 0.717. The molecule has 1 aliphatic rings. The molecule has 7 nitrogen and oxygen atoms in total. The largest absolute Gasteiger partial charge is 0.497 e. The molecule has 2 aromatic heterocycles. The van der Waals surface area contributed by atoms with Gasteiger partial charge in [0.25, 0.3) is 0 Å². The molecule has 0 radical (unpaired) electrons. The topological polar surface area (TPSA) is 64.4 Å². The monoisotopic (exact) mass is 401 g/mol. The fourth-order valence-corrected chi connectivity index (χ4v) is 4.28. The predicted octanol–water partition coefficient (Wildman–Crippen LogP) is 3.01. The molecular weight excluding hydrogens is 374 g/mol. The van der Waals surface area contributed by atoms with Gasteiger partial charge in [-0.25, -0.2) is 0 Å². The number of nitrogens with zero attached hydrogens (tertiary/aromatic N) is 4. The van der Waals surface area contributed by atoms with Crippen molar-refractivity contribution in [3.05, 3.63) is 35.0 Å². The standard InChI is InChI=1S/C20H27N5O2S/c1-3-25-14-15(17-12-16(26-2)4-5-18(17)25)13-21-20-23-22-19(28-20)6-7-24-8-10-27-11-9-24/h4-5,12,14H,3,6-11,13H2,1-2H3,(H,21,23). The van der Waals surface area contributed by atoms with Crippen LogP contribution in [0.4, 0.5) is 5.13 Å². The number of morpholine rings is 1. The van der Waals surface area contributed by atoms with E-state index in [2.05, 4.69) is 50.2 Å². The normalized spacial score (nSPS) is 15.2. The molecule has 4 rings (SSSR count). The van der Waals surface area contributed by atoms with Gasteiger partial charge in [0.05, 0.1) is 20.3 Å². The predicted molar refractivity (Wildman–Crippen MR) is 112 cm³/mol. The molecule has 3 aromatic rings. The molecule has 1 aromatic carbocycles. The van der Waals surface area contributed by atoms with Crippen LogP contribution in [-0.2, 0) is 24.2 Å². The molecule has 150 valence electrons. The van der Waals surface area contributed by atoms with Crippen LogP contribution in [0.15, 0.2) is 24.4 Å². The summed E-state index contributed by atoms with van der Waals surface area (Å²) in [6.45, 7) is 8.51. The zero-order valence-electron chi connectivity index (χ0n) is 16.5. The number of ether oxygens (including phenoxy) is 2. The first-order valence-electron chi connectivity index (χ1n) is 9.79. The number of anilines is 1. The maximum Gasteiger partial charge on any atom is 0.205 e. The van der Waals surface area contributed by atoms with Crippen LogP contribution in [0.2, 0.25) is 0 Å². The van der Waals surface area contributed by atoms with Crippen molar-refractivity contribution in [2.45, 2.75) is 26.4 Å². The highest BCUT2D eigenvalue weighted by atomic mass is 32.1. The van der Waals surface area contributed by atoms with Crippen LogP contribution in [0.1, 0.15) is 17.5 Å². The Morgan fingerprint density at radius 2 is 2.11 bits per heavy atom. The Labute approximate surface area is 169 Å². The molecule has 1 N–H and O–H groups in total.